The van der Waals surface area contributed by atoms with Gasteiger partial charge in [-0.1, -0.05) is 0 Å². The number of aliphatic hydroxyl groups excluding tert-OH is 1. The summed E-state index contributed by atoms with van der Waals surface area (Å²) in [6.07, 6.45) is -0.623. The fourth-order valence-corrected chi connectivity index (χ4v) is 0.854. The third kappa shape index (κ3) is 0.985. The Bertz CT molecular complexity index is 150. The molecule has 0 unspecified atom stereocenters. The van der Waals surface area contributed by atoms with E-state index >= 15 is 0 Å². The third-order valence-corrected chi connectivity index (χ3v) is 1.56. The Labute approximate surface area is 57.9 Å². The van der Waals surface area contributed by atoms with Gasteiger partial charge in [0.25, 0.3) is 0 Å². The number of aliphatic hydroxyl groups is 1. The first kappa shape index (κ1) is 7.46. The van der Waals surface area contributed by atoms with Crippen LogP contribution in [0.4, 0.5) is 0 Å². The number of carbonyl (C=O) groups excluding carboxylic acids is 1. The quantitative estimate of drug-likeness (QED) is 0.357. The Hall–Kier alpha value is -0.650. The van der Waals surface area contributed by atoms with E-state index in [2.05, 4.69) is 4.74 Å². The molecule has 10 heavy (non-hydrogen) atoms. The Morgan fingerprint density at radius 2 is 2.20 bits per heavy atom. The summed E-state index contributed by atoms with van der Waals surface area (Å²) in [6, 6.07) is -1.35. The summed E-state index contributed by atoms with van der Waals surface area (Å²) in [7, 11) is 0. The van der Waals surface area contributed by atoms with Gasteiger partial charge in [0, 0.05) is 0 Å². The molecule has 0 spiro atoms. The van der Waals surface area contributed by atoms with Gasteiger partial charge in [-0.15, -0.1) is 0 Å². The molecular formula is C5H10N2O3. The molecule has 5 nitrogen and oxygen atoms in total. The van der Waals surface area contributed by atoms with Crippen molar-refractivity contribution in [1.29, 1.82) is 0 Å². The molecule has 1 saturated heterocycles. The highest BCUT2D eigenvalue weighted by atomic mass is 16.6. The Morgan fingerprint density at radius 1 is 1.60 bits per heavy atom. The predicted octanol–water partition coefficient (Wildman–Crippen LogP) is -2.44. The SMILES string of the molecule is N[C@@H]1[C@H](N)C(=O)O[C@@H]1CO. The van der Waals surface area contributed by atoms with Crippen molar-refractivity contribution in [2.75, 3.05) is 6.61 Å². The van der Waals surface area contributed by atoms with Crippen molar-refractivity contribution in [3.05, 3.63) is 0 Å². The average molecular weight is 146 g/mol. The molecule has 5 N–H and O–H groups in total. The van der Waals surface area contributed by atoms with Crippen LogP contribution in [-0.4, -0.2) is 35.9 Å². The topological polar surface area (TPSA) is 98.6 Å². The van der Waals surface area contributed by atoms with Gasteiger partial charge in [0.1, 0.15) is 12.1 Å². The maximum absolute atomic E-state index is 10.6. The van der Waals surface area contributed by atoms with Gasteiger partial charge in [0.2, 0.25) is 0 Å². The van der Waals surface area contributed by atoms with Crippen LogP contribution < -0.4 is 11.5 Å². The summed E-state index contributed by atoms with van der Waals surface area (Å²) in [6.45, 7) is -0.263. The molecule has 1 rings (SSSR count). The van der Waals surface area contributed by atoms with Crippen LogP contribution in [0.3, 0.4) is 0 Å². The second kappa shape index (κ2) is 2.53. The number of carbonyl (C=O) groups is 1. The van der Waals surface area contributed by atoms with Crippen molar-refractivity contribution in [2.45, 2.75) is 18.2 Å². The van der Waals surface area contributed by atoms with Gasteiger partial charge in [0.05, 0.1) is 12.6 Å². The number of nitrogens with two attached hydrogens (primary N) is 2. The Kier molecular flexibility index (Phi) is 1.89. The number of esters is 1. The molecule has 0 aromatic carbocycles. The number of cyclic esters (lactones) is 1. The van der Waals surface area contributed by atoms with E-state index in [0.717, 1.165) is 0 Å². The monoisotopic (exact) mass is 146 g/mol. The van der Waals surface area contributed by atoms with Crippen molar-refractivity contribution in [3.63, 3.8) is 0 Å². The second-order valence-corrected chi connectivity index (χ2v) is 2.26. The first-order chi connectivity index (χ1) is 4.66. The van der Waals surface area contributed by atoms with Gasteiger partial charge in [-0.05, 0) is 0 Å². The van der Waals surface area contributed by atoms with Gasteiger partial charge < -0.3 is 21.3 Å². The molecule has 1 fully saturated rings. The molecule has 5 heteroatoms. The van der Waals surface area contributed by atoms with E-state index in [1.165, 1.54) is 0 Å². The van der Waals surface area contributed by atoms with E-state index in [9.17, 15) is 4.79 Å². The zero-order valence-electron chi connectivity index (χ0n) is 5.36. The van der Waals surface area contributed by atoms with Crippen molar-refractivity contribution >= 4 is 5.97 Å². The molecule has 0 aromatic rings. The molecule has 58 valence electrons. The van der Waals surface area contributed by atoms with Crippen molar-refractivity contribution in [1.82, 2.24) is 0 Å². The largest absolute Gasteiger partial charge is 0.457 e. The Morgan fingerprint density at radius 3 is 2.40 bits per heavy atom. The summed E-state index contributed by atoms with van der Waals surface area (Å²) >= 11 is 0. The number of ether oxygens (including phenoxy) is 1. The minimum Gasteiger partial charge on any atom is -0.457 e. The lowest BCUT2D eigenvalue weighted by atomic mass is 10.1. The molecule has 3 atom stereocenters. The number of hydrogen-bond donors (Lipinski definition) is 3. The lowest BCUT2D eigenvalue weighted by Gasteiger charge is -2.10. The molecular weight excluding hydrogens is 136 g/mol. The van der Waals surface area contributed by atoms with Crippen LogP contribution in [0.25, 0.3) is 0 Å². The van der Waals surface area contributed by atoms with E-state index in [1.807, 2.05) is 0 Å². The van der Waals surface area contributed by atoms with E-state index < -0.39 is 24.2 Å². The van der Waals surface area contributed by atoms with Crippen LogP contribution >= 0.6 is 0 Å². The predicted molar refractivity (Wildman–Crippen MR) is 32.9 cm³/mol. The van der Waals surface area contributed by atoms with Crippen molar-refractivity contribution < 1.29 is 14.6 Å². The van der Waals surface area contributed by atoms with E-state index in [4.69, 9.17) is 16.6 Å². The van der Waals surface area contributed by atoms with E-state index in [0.29, 0.717) is 0 Å². The standard InChI is InChI=1S/C5H10N2O3/c6-3-2(1-8)10-5(9)4(3)7/h2-4,8H,1,6-7H2/t2-,3+,4+/m1/s1. The molecule has 0 aromatic heterocycles. The highest BCUT2D eigenvalue weighted by molar-refractivity contribution is 5.79. The van der Waals surface area contributed by atoms with Crippen LogP contribution in [0.5, 0.6) is 0 Å². The fraction of sp³-hybridized carbons (Fsp3) is 0.800. The number of rotatable bonds is 1. The summed E-state index contributed by atoms with van der Waals surface area (Å²) in [5.74, 6) is -0.536. The van der Waals surface area contributed by atoms with Gasteiger partial charge in [-0.2, -0.15) is 0 Å². The molecule has 1 aliphatic rings. The van der Waals surface area contributed by atoms with Crippen molar-refractivity contribution in [3.8, 4) is 0 Å². The molecule has 1 heterocycles. The highest BCUT2D eigenvalue weighted by Gasteiger charge is 2.39. The maximum Gasteiger partial charge on any atom is 0.325 e. The summed E-state index contributed by atoms with van der Waals surface area (Å²) in [4.78, 5) is 10.6. The first-order valence-electron chi connectivity index (χ1n) is 2.99. The zero-order valence-corrected chi connectivity index (χ0v) is 5.36. The number of hydrogen-bond acceptors (Lipinski definition) is 5. The van der Waals surface area contributed by atoms with E-state index in [1.54, 1.807) is 0 Å². The lowest BCUT2D eigenvalue weighted by Crippen LogP contribution is -2.46. The van der Waals surface area contributed by atoms with E-state index in [-0.39, 0.29) is 6.61 Å². The second-order valence-electron chi connectivity index (χ2n) is 2.26. The normalized spacial score (nSPS) is 39.9. The molecule has 1 aliphatic heterocycles. The average Bonchev–Trinajstić information content (AvgIpc) is 2.17. The zero-order chi connectivity index (χ0) is 7.72. The van der Waals surface area contributed by atoms with Crippen LogP contribution in [0.1, 0.15) is 0 Å². The third-order valence-electron chi connectivity index (χ3n) is 1.56. The van der Waals surface area contributed by atoms with Crippen molar-refractivity contribution in [2.24, 2.45) is 11.5 Å². The molecule has 0 bridgehead atoms. The van der Waals surface area contributed by atoms with Gasteiger partial charge in [-0.25, -0.2) is 0 Å². The van der Waals surface area contributed by atoms with Gasteiger partial charge in [0.15, 0.2) is 0 Å². The summed E-state index contributed by atoms with van der Waals surface area (Å²) in [5, 5.41) is 8.56. The molecule has 0 amide bonds. The first-order valence-corrected chi connectivity index (χ1v) is 2.99. The highest BCUT2D eigenvalue weighted by Crippen LogP contribution is 2.10. The minimum atomic E-state index is -0.780. The van der Waals surface area contributed by atoms with Crippen LogP contribution in [0.15, 0.2) is 0 Å². The van der Waals surface area contributed by atoms with Crippen LogP contribution in [0, 0.1) is 0 Å². The fourth-order valence-electron chi connectivity index (χ4n) is 0.854. The smallest absolute Gasteiger partial charge is 0.325 e. The molecule has 0 saturated carbocycles. The van der Waals surface area contributed by atoms with Crippen LogP contribution in [-0.2, 0) is 9.53 Å². The summed E-state index contributed by atoms with van der Waals surface area (Å²) in [5.41, 5.74) is 10.7. The minimum absolute atomic E-state index is 0.263. The molecule has 0 aliphatic carbocycles. The summed E-state index contributed by atoms with van der Waals surface area (Å²) < 4.78 is 4.60. The van der Waals surface area contributed by atoms with Crippen LogP contribution in [0.2, 0.25) is 0 Å². The molecule has 0 radical (unpaired) electrons. The van der Waals surface area contributed by atoms with Gasteiger partial charge >= 0.3 is 5.97 Å². The maximum atomic E-state index is 10.6. The van der Waals surface area contributed by atoms with Gasteiger partial charge in [-0.3, -0.25) is 4.79 Å². The Balaban J connectivity index is 2.61. The lowest BCUT2D eigenvalue weighted by molar-refractivity contribution is -0.143.